The second-order valence-electron chi connectivity index (χ2n) is 4.49. The van der Waals surface area contributed by atoms with E-state index in [0.29, 0.717) is 12.5 Å². The summed E-state index contributed by atoms with van der Waals surface area (Å²) in [5.41, 5.74) is 6.80. The highest BCUT2D eigenvalue weighted by Crippen LogP contribution is 2.18. The molecule has 0 saturated carbocycles. The molecule has 4 N–H and O–H groups in total. The molecule has 106 valence electrons. The molecule has 0 aromatic heterocycles. The van der Waals surface area contributed by atoms with Crippen LogP contribution in [0.15, 0.2) is 35.5 Å². The van der Waals surface area contributed by atoms with E-state index in [4.69, 9.17) is 10.9 Å². The molecule has 1 rings (SSSR count). The maximum absolute atomic E-state index is 8.74. The van der Waals surface area contributed by atoms with E-state index in [9.17, 15) is 0 Å². The predicted molar refractivity (Wildman–Crippen MR) is 82.8 cm³/mol. The first-order valence-corrected chi connectivity index (χ1v) is 7.68. The monoisotopic (exact) mass is 281 g/mol. The van der Waals surface area contributed by atoms with E-state index in [2.05, 4.69) is 36.5 Å². The van der Waals surface area contributed by atoms with Crippen molar-refractivity contribution in [3.8, 4) is 0 Å². The zero-order chi connectivity index (χ0) is 14.1. The molecule has 0 heterocycles. The van der Waals surface area contributed by atoms with Gasteiger partial charge in [0.05, 0.1) is 0 Å². The molecule has 19 heavy (non-hydrogen) atoms. The lowest BCUT2D eigenvalue weighted by atomic mass is 10.0. The first-order chi connectivity index (χ1) is 9.17. The van der Waals surface area contributed by atoms with E-state index in [-0.39, 0.29) is 11.9 Å². The minimum absolute atomic E-state index is 0.0737. The van der Waals surface area contributed by atoms with Crippen LogP contribution < -0.4 is 11.1 Å². The topological polar surface area (TPSA) is 70.6 Å². The summed E-state index contributed by atoms with van der Waals surface area (Å²) in [5.74, 6) is 2.41. The Kier molecular flexibility index (Phi) is 7.36. The molecule has 0 bridgehead atoms. The highest BCUT2D eigenvalue weighted by atomic mass is 32.2. The van der Waals surface area contributed by atoms with Crippen LogP contribution in [-0.4, -0.2) is 28.6 Å². The molecule has 4 nitrogen and oxygen atoms in total. The summed E-state index contributed by atoms with van der Waals surface area (Å²) in [4.78, 5) is 0. The van der Waals surface area contributed by atoms with Gasteiger partial charge in [-0.3, -0.25) is 0 Å². The van der Waals surface area contributed by atoms with Gasteiger partial charge in [-0.05, 0) is 18.2 Å². The van der Waals surface area contributed by atoms with Crippen molar-refractivity contribution in [2.24, 2.45) is 10.9 Å². The molecule has 0 aliphatic carbocycles. The average Bonchev–Trinajstić information content (AvgIpc) is 2.45. The number of thioether (sulfide) groups is 1. The van der Waals surface area contributed by atoms with Crippen molar-refractivity contribution < 1.29 is 5.21 Å². The van der Waals surface area contributed by atoms with Crippen LogP contribution in [0.5, 0.6) is 0 Å². The molecule has 0 fully saturated rings. The van der Waals surface area contributed by atoms with E-state index < -0.39 is 0 Å². The molecule has 0 radical (unpaired) electrons. The number of nitrogens with two attached hydrogens (primary N) is 1. The summed E-state index contributed by atoms with van der Waals surface area (Å²) in [6, 6.07) is 10.6. The number of rotatable bonds is 8. The molecular formula is C14H23N3OS. The average molecular weight is 281 g/mol. The van der Waals surface area contributed by atoms with E-state index in [0.717, 1.165) is 17.1 Å². The first-order valence-electron chi connectivity index (χ1n) is 6.52. The lowest BCUT2D eigenvalue weighted by Gasteiger charge is -2.23. The van der Waals surface area contributed by atoms with Crippen molar-refractivity contribution in [3.05, 3.63) is 35.9 Å². The van der Waals surface area contributed by atoms with E-state index in [1.807, 2.05) is 30.0 Å². The van der Waals surface area contributed by atoms with Gasteiger partial charge >= 0.3 is 0 Å². The van der Waals surface area contributed by atoms with E-state index in [1.54, 1.807) is 0 Å². The third kappa shape index (κ3) is 5.98. The van der Waals surface area contributed by atoms with Gasteiger partial charge in [0.15, 0.2) is 0 Å². The fourth-order valence-corrected chi connectivity index (χ4v) is 2.58. The number of hydrogen-bond acceptors (Lipinski definition) is 4. The van der Waals surface area contributed by atoms with Crippen molar-refractivity contribution >= 4 is 17.6 Å². The van der Waals surface area contributed by atoms with E-state index in [1.165, 1.54) is 0 Å². The predicted octanol–water partition coefficient (Wildman–Crippen LogP) is 2.60. The maximum Gasteiger partial charge on any atom is 0.141 e. The van der Waals surface area contributed by atoms with E-state index >= 15 is 0 Å². The summed E-state index contributed by atoms with van der Waals surface area (Å²) in [6.45, 7) is 4.31. The van der Waals surface area contributed by atoms with Gasteiger partial charge < -0.3 is 16.3 Å². The number of nitrogens with zero attached hydrogens (tertiary/aromatic N) is 1. The quantitative estimate of drug-likeness (QED) is 0.296. The summed E-state index contributed by atoms with van der Waals surface area (Å²) in [5, 5.41) is 15.4. The van der Waals surface area contributed by atoms with Crippen molar-refractivity contribution in [1.29, 1.82) is 0 Å². The molecule has 1 aromatic rings. The van der Waals surface area contributed by atoms with Crippen LogP contribution in [0.25, 0.3) is 0 Å². The van der Waals surface area contributed by atoms with Gasteiger partial charge in [0.2, 0.25) is 0 Å². The minimum Gasteiger partial charge on any atom is -0.409 e. The van der Waals surface area contributed by atoms with Crippen molar-refractivity contribution in [2.45, 2.75) is 32.4 Å². The summed E-state index contributed by atoms with van der Waals surface area (Å²) in [7, 11) is 0. The van der Waals surface area contributed by atoms with Gasteiger partial charge in [0, 0.05) is 24.3 Å². The molecule has 0 aliphatic heterocycles. The fourth-order valence-electron chi connectivity index (χ4n) is 1.89. The molecule has 0 saturated heterocycles. The van der Waals surface area contributed by atoms with Crippen molar-refractivity contribution in [1.82, 2.24) is 5.32 Å². The van der Waals surface area contributed by atoms with Crippen LogP contribution in [0, 0.1) is 0 Å². The van der Waals surface area contributed by atoms with Crippen LogP contribution in [0.2, 0.25) is 0 Å². The summed E-state index contributed by atoms with van der Waals surface area (Å²) < 4.78 is 0. The number of oxime groups is 1. The SMILES string of the molecule is CCSCC(C)NC(C/C(N)=N/O)c1ccccc1. The van der Waals surface area contributed by atoms with Gasteiger partial charge in [-0.25, -0.2) is 0 Å². The number of hydrogen-bond donors (Lipinski definition) is 3. The van der Waals surface area contributed by atoms with Gasteiger partial charge in [-0.1, -0.05) is 42.4 Å². The zero-order valence-corrected chi connectivity index (χ0v) is 12.4. The van der Waals surface area contributed by atoms with Gasteiger partial charge in [0.25, 0.3) is 0 Å². The molecular weight excluding hydrogens is 258 g/mol. The normalized spacial score (nSPS) is 15.2. The van der Waals surface area contributed by atoms with Crippen LogP contribution in [-0.2, 0) is 0 Å². The largest absolute Gasteiger partial charge is 0.409 e. The third-order valence-electron chi connectivity index (χ3n) is 2.80. The Labute approximate surface area is 119 Å². The smallest absolute Gasteiger partial charge is 0.141 e. The highest BCUT2D eigenvalue weighted by Gasteiger charge is 2.15. The lowest BCUT2D eigenvalue weighted by molar-refractivity contribution is 0.315. The van der Waals surface area contributed by atoms with Crippen molar-refractivity contribution in [2.75, 3.05) is 11.5 Å². The standard InChI is InChI=1S/C14H23N3OS/c1-3-19-10-11(2)16-13(9-14(15)17-18)12-7-5-4-6-8-12/h4-8,11,13,16,18H,3,9-10H2,1-2H3,(H2,15,17). The Balaban J connectivity index is 2.70. The zero-order valence-electron chi connectivity index (χ0n) is 11.5. The van der Waals surface area contributed by atoms with Crippen LogP contribution in [0.3, 0.4) is 0 Å². The highest BCUT2D eigenvalue weighted by molar-refractivity contribution is 7.99. The Hall–Kier alpha value is -1.20. The number of amidine groups is 1. The Bertz CT molecular complexity index is 384. The molecule has 5 heteroatoms. The molecule has 0 spiro atoms. The second-order valence-corrected chi connectivity index (χ2v) is 5.80. The second kappa shape index (κ2) is 8.82. The van der Waals surface area contributed by atoms with Gasteiger partial charge in [-0.15, -0.1) is 0 Å². The Morgan fingerprint density at radius 3 is 2.68 bits per heavy atom. The summed E-state index contributed by atoms with van der Waals surface area (Å²) in [6.07, 6.45) is 0.502. The van der Waals surface area contributed by atoms with Crippen LogP contribution in [0.4, 0.5) is 0 Å². The Morgan fingerprint density at radius 1 is 1.42 bits per heavy atom. The van der Waals surface area contributed by atoms with Crippen LogP contribution >= 0.6 is 11.8 Å². The number of benzene rings is 1. The molecule has 1 aromatic carbocycles. The molecule has 2 atom stereocenters. The lowest BCUT2D eigenvalue weighted by Crippen LogP contribution is -2.35. The number of nitrogens with one attached hydrogen (secondary N) is 1. The van der Waals surface area contributed by atoms with Gasteiger partial charge in [-0.2, -0.15) is 11.8 Å². The molecule has 0 aliphatic rings. The maximum atomic E-state index is 8.74. The van der Waals surface area contributed by atoms with Gasteiger partial charge in [0.1, 0.15) is 5.84 Å². The Morgan fingerprint density at radius 2 is 2.11 bits per heavy atom. The molecule has 2 unspecified atom stereocenters. The first kappa shape index (κ1) is 15.9. The molecule has 0 amide bonds. The fraction of sp³-hybridized carbons (Fsp3) is 0.500. The van der Waals surface area contributed by atoms with Crippen LogP contribution in [0.1, 0.15) is 31.9 Å². The third-order valence-corrected chi connectivity index (χ3v) is 3.95. The minimum atomic E-state index is 0.0737. The van der Waals surface area contributed by atoms with Crippen molar-refractivity contribution in [3.63, 3.8) is 0 Å². The summed E-state index contributed by atoms with van der Waals surface area (Å²) >= 11 is 1.90.